The van der Waals surface area contributed by atoms with Crippen molar-refractivity contribution in [3.63, 3.8) is 0 Å². The number of amidine groups is 1. The summed E-state index contributed by atoms with van der Waals surface area (Å²) in [5.41, 5.74) is 0.343. The van der Waals surface area contributed by atoms with Gasteiger partial charge >= 0.3 is 0 Å². The van der Waals surface area contributed by atoms with Crippen LogP contribution >= 0.6 is 11.8 Å². The zero-order chi connectivity index (χ0) is 21.8. The lowest BCUT2D eigenvalue weighted by Gasteiger charge is -2.34. The van der Waals surface area contributed by atoms with Crippen LogP contribution in [-0.4, -0.2) is 58.5 Å². The number of nitriles is 1. The Hall–Kier alpha value is -3.42. The van der Waals surface area contributed by atoms with E-state index in [0.29, 0.717) is 33.6 Å². The van der Waals surface area contributed by atoms with Gasteiger partial charge in [-0.25, -0.2) is 0 Å². The molecule has 9 nitrogen and oxygen atoms in total. The molecule has 0 spiro atoms. The van der Waals surface area contributed by atoms with E-state index in [-0.39, 0.29) is 11.6 Å². The number of benzene rings is 1. The van der Waals surface area contributed by atoms with E-state index in [9.17, 15) is 14.9 Å². The van der Waals surface area contributed by atoms with E-state index in [0.717, 1.165) is 32.7 Å². The van der Waals surface area contributed by atoms with Gasteiger partial charge in [-0.2, -0.15) is 10.3 Å². The number of hydrogen-bond donors (Lipinski definition) is 0. The Bertz CT molecular complexity index is 1110. The molecule has 0 unspecified atom stereocenters. The second kappa shape index (κ2) is 9.16. The molecule has 1 aromatic carbocycles. The first-order chi connectivity index (χ1) is 15.0. The van der Waals surface area contributed by atoms with Gasteiger partial charge in [-0.3, -0.25) is 19.8 Å². The molecule has 0 aliphatic carbocycles. The van der Waals surface area contributed by atoms with E-state index in [4.69, 9.17) is 9.68 Å². The fraction of sp³-hybridized carbons (Fsp3) is 0.286. The van der Waals surface area contributed by atoms with Crippen molar-refractivity contribution in [2.45, 2.75) is 6.42 Å². The summed E-state index contributed by atoms with van der Waals surface area (Å²) < 4.78 is 5.76. The summed E-state index contributed by atoms with van der Waals surface area (Å²) in [4.78, 5) is 32.1. The van der Waals surface area contributed by atoms with E-state index in [2.05, 4.69) is 20.9 Å². The Morgan fingerprint density at radius 3 is 2.74 bits per heavy atom. The molecule has 0 radical (unpaired) electrons. The molecule has 31 heavy (non-hydrogen) atoms. The highest BCUT2D eigenvalue weighted by Crippen LogP contribution is 2.34. The van der Waals surface area contributed by atoms with Gasteiger partial charge in [0, 0.05) is 51.3 Å². The Morgan fingerprint density at radius 1 is 1.23 bits per heavy atom. The van der Waals surface area contributed by atoms with Gasteiger partial charge < -0.3 is 9.32 Å². The molecule has 1 saturated heterocycles. The normalized spacial score (nSPS) is 18.3. The van der Waals surface area contributed by atoms with Crippen molar-refractivity contribution in [2.24, 2.45) is 4.99 Å². The molecule has 1 amide bonds. The minimum Gasteiger partial charge on any atom is -0.456 e. The molecular formula is C21H19N5O4S. The highest BCUT2D eigenvalue weighted by Gasteiger charge is 2.28. The summed E-state index contributed by atoms with van der Waals surface area (Å²) in [6.45, 7) is 3.91. The first-order valence-corrected chi connectivity index (χ1v) is 10.6. The number of para-hydroxylation sites is 1. The third-order valence-electron chi connectivity index (χ3n) is 5.06. The second-order valence-electron chi connectivity index (χ2n) is 7.02. The van der Waals surface area contributed by atoms with Gasteiger partial charge in [0.2, 0.25) is 0 Å². The SMILES string of the molecule is N#CCCN1CCN(C2=NC(=O)/C(=C/c3ccc(-c4ccccc4[N+](=O)[O-])o3)S2)CC1. The van der Waals surface area contributed by atoms with E-state index in [1.807, 2.05) is 0 Å². The molecule has 3 heterocycles. The molecular weight excluding hydrogens is 418 g/mol. The number of nitro benzene ring substituents is 1. The van der Waals surface area contributed by atoms with Crippen molar-refractivity contribution in [1.82, 2.24) is 9.80 Å². The lowest BCUT2D eigenvalue weighted by molar-refractivity contribution is -0.384. The molecule has 0 atom stereocenters. The number of amides is 1. The second-order valence-corrected chi connectivity index (χ2v) is 8.03. The summed E-state index contributed by atoms with van der Waals surface area (Å²) in [7, 11) is 0. The van der Waals surface area contributed by atoms with Crippen LogP contribution in [0.3, 0.4) is 0 Å². The molecule has 2 aliphatic rings. The van der Waals surface area contributed by atoms with Crippen LogP contribution in [0.1, 0.15) is 12.2 Å². The first-order valence-electron chi connectivity index (χ1n) is 9.75. The maximum atomic E-state index is 12.4. The number of nitrogens with zero attached hydrogens (tertiary/aromatic N) is 5. The number of carbonyl (C=O) groups excluding carboxylic acids is 1. The maximum absolute atomic E-state index is 12.4. The smallest absolute Gasteiger partial charge is 0.286 e. The number of nitro groups is 1. The lowest BCUT2D eigenvalue weighted by Crippen LogP contribution is -2.47. The monoisotopic (exact) mass is 437 g/mol. The maximum Gasteiger partial charge on any atom is 0.286 e. The molecule has 0 bridgehead atoms. The minimum absolute atomic E-state index is 0.0399. The Balaban J connectivity index is 1.43. The lowest BCUT2D eigenvalue weighted by atomic mass is 10.1. The number of piperazine rings is 1. The van der Waals surface area contributed by atoms with Gasteiger partial charge in [-0.15, -0.1) is 0 Å². The third kappa shape index (κ3) is 4.68. The molecule has 1 aromatic heterocycles. The van der Waals surface area contributed by atoms with Crippen molar-refractivity contribution in [3.05, 3.63) is 57.2 Å². The summed E-state index contributed by atoms with van der Waals surface area (Å²) in [6.07, 6.45) is 2.13. The molecule has 1 fully saturated rings. The predicted octanol–water partition coefficient (Wildman–Crippen LogP) is 3.36. The van der Waals surface area contributed by atoms with Gasteiger partial charge in [-0.05, 0) is 30.0 Å². The van der Waals surface area contributed by atoms with Gasteiger partial charge in [0.1, 0.15) is 11.5 Å². The quantitative estimate of drug-likeness (QED) is 0.397. The molecule has 10 heteroatoms. The van der Waals surface area contributed by atoms with Crippen LogP contribution in [0.4, 0.5) is 5.69 Å². The fourth-order valence-electron chi connectivity index (χ4n) is 3.45. The minimum atomic E-state index is -0.452. The number of thioether (sulfide) groups is 1. The summed E-state index contributed by atoms with van der Waals surface area (Å²) in [6, 6.07) is 11.9. The van der Waals surface area contributed by atoms with Crippen LogP contribution in [0, 0.1) is 21.4 Å². The van der Waals surface area contributed by atoms with E-state index >= 15 is 0 Å². The largest absolute Gasteiger partial charge is 0.456 e. The number of furan rings is 1. The van der Waals surface area contributed by atoms with Gasteiger partial charge in [0.25, 0.3) is 11.6 Å². The van der Waals surface area contributed by atoms with Crippen molar-refractivity contribution in [1.29, 1.82) is 5.26 Å². The van der Waals surface area contributed by atoms with Crippen molar-refractivity contribution >= 4 is 34.6 Å². The van der Waals surface area contributed by atoms with E-state index < -0.39 is 4.92 Å². The fourth-order valence-corrected chi connectivity index (χ4v) is 4.39. The zero-order valence-electron chi connectivity index (χ0n) is 16.6. The van der Waals surface area contributed by atoms with Crippen LogP contribution in [0.5, 0.6) is 0 Å². The zero-order valence-corrected chi connectivity index (χ0v) is 17.4. The van der Waals surface area contributed by atoms with Gasteiger partial charge in [0.05, 0.1) is 21.5 Å². The van der Waals surface area contributed by atoms with Crippen molar-refractivity contribution < 1.29 is 14.1 Å². The van der Waals surface area contributed by atoms with E-state index in [1.54, 1.807) is 36.4 Å². The third-order valence-corrected chi connectivity index (χ3v) is 6.10. The number of aliphatic imine (C=N–C) groups is 1. The Labute approximate surface area is 182 Å². The Morgan fingerprint density at radius 2 is 2.00 bits per heavy atom. The first kappa shape index (κ1) is 20.8. The van der Waals surface area contributed by atoms with Gasteiger partial charge in [0.15, 0.2) is 5.17 Å². The van der Waals surface area contributed by atoms with Crippen molar-refractivity contribution in [3.8, 4) is 17.4 Å². The molecule has 0 N–H and O–H groups in total. The molecule has 2 aliphatic heterocycles. The van der Waals surface area contributed by atoms with Crippen LogP contribution < -0.4 is 0 Å². The highest BCUT2D eigenvalue weighted by molar-refractivity contribution is 8.18. The Kier molecular flexibility index (Phi) is 6.16. The number of rotatable bonds is 5. The molecule has 2 aromatic rings. The standard InChI is InChI=1S/C21H19N5O4S/c22-8-3-9-24-10-12-25(13-11-24)21-23-20(27)19(31-21)14-15-6-7-18(30-15)16-4-1-2-5-17(16)26(28)29/h1-2,4-7,14H,3,9-13H2/b19-14-. The summed E-state index contributed by atoms with van der Waals surface area (Å²) in [5, 5.41) is 20.6. The number of carbonyl (C=O) groups is 1. The number of hydrogen-bond acceptors (Lipinski definition) is 8. The molecule has 158 valence electrons. The highest BCUT2D eigenvalue weighted by atomic mass is 32.2. The van der Waals surface area contributed by atoms with Crippen LogP contribution in [-0.2, 0) is 4.79 Å². The average molecular weight is 437 g/mol. The summed E-state index contributed by atoms with van der Waals surface area (Å²) >= 11 is 1.30. The van der Waals surface area contributed by atoms with E-state index in [1.165, 1.54) is 17.8 Å². The van der Waals surface area contributed by atoms with Crippen LogP contribution in [0.15, 0.2) is 50.7 Å². The van der Waals surface area contributed by atoms with Gasteiger partial charge in [-0.1, -0.05) is 12.1 Å². The van der Waals surface area contributed by atoms with Crippen LogP contribution in [0.25, 0.3) is 17.4 Å². The van der Waals surface area contributed by atoms with Crippen molar-refractivity contribution in [2.75, 3.05) is 32.7 Å². The topological polar surface area (TPSA) is 116 Å². The molecule has 0 saturated carbocycles. The predicted molar refractivity (Wildman–Crippen MR) is 117 cm³/mol. The van der Waals surface area contributed by atoms with Crippen LogP contribution in [0.2, 0.25) is 0 Å². The summed E-state index contributed by atoms with van der Waals surface area (Å²) in [5.74, 6) is 0.474. The molecule has 4 rings (SSSR count). The average Bonchev–Trinajstić information content (AvgIpc) is 3.39.